The van der Waals surface area contributed by atoms with Crippen LogP contribution < -0.4 is 4.90 Å². The third kappa shape index (κ3) is 4.46. The normalized spacial score (nSPS) is 18.0. The molecule has 0 saturated carbocycles. The fourth-order valence-electron chi connectivity index (χ4n) is 3.46. The van der Waals surface area contributed by atoms with E-state index in [2.05, 4.69) is 36.7 Å². The van der Waals surface area contributed by atoms with E-state index in [0.717, 1.165) is 38.2 Å². The predicted molar refractivity (Wildman–Crippen MR) is 96.0 cm³/mol. The van der Waals surface area contributed by atoms with Crippen LogP contribution in [0.4, 0.5) is 5.69 Å². The fourth-order valence-corrected chi connectivity index (χ4v) is 3.46. The zero-order chi connectivity index (χ0) is 16.7. The zero-order valence-electron chi connectivity index (χ0n) is 14.9. The Balaban J connectivity index is 2.10. The minimum Gasteiger partial charge on any atom is -0.367 e. The van der Waals surface area contributed by atoms with E-state index >= 15 is 0 Å². The summed E-state index contributed by atoms with van der Waals surface area (Å²) in [6.45, 7) is 9.18. The molecule has 23 heavy (non-hydrogen) atoms. The number of hydrogen-bond acceptors (Lipinski definition) is 3. The van der Waals surface area contributed by atoms with Crippen molar-refractivity contribution in [3.05, 3.63) is 24.0 Å². The molecule has 0 spiro atoms. The van der Waals surface area contributed by atoms with Gasteiger partial charge in [0.2, 0.25) is 0 Å². The van der Waals surface area contributed by atoms with Gasteiger partial charge in [-0.05, 0) is 50.7 Å². The lowest BCUT2D eigenvalue weighted by Gasteiger charge is -2.37. The van der Waals surface area contributed by atoms with Gasteiger partial charge in [-0.1, -0.05) is 20.8 Å². The standard InChI is InChI=1S/C19H31N3O/c1-4-12-21(13-5-2)19(23)18-11-10-17(15-20-18)22-14-8-7-9-16(22)6-3/h10-11,15-16H,4-9,12-14H2,1-3H3. The first-order valence-corrected chi connectivity index (χ1v) is 9.23. The third-order valence-corrected chi connectivity index (χ3v) is 4.67. The Morgan fingerprint density at radius 1 is 1.22 bits per heavy atom. The van der Waals surface area contributed by atoms with Gasteiger partial charge in [0, 0.05) is 25.7 Å². The molecule has 1 unspecified atom stereocenters. The van der Waals surface area contributed by atoms with Crippen molar-refractivity contribution < 1.29 is 4.79 Å². The molecule has 0 radical (unpaired) electrons. The molecule has 1 atom stereocenters. The third-order valence-electron chi connectivity index (χ3n) is 4.67. The molecule has 0 aliphatic carbocycles. The highest BCUT2D eigenvalue weighted by molar-refractivity contribution is 5.92. The topological polar surface area (TPSA) is 36.4 Å². The van der Waals surface area contributed by atoms with Crippen molar-refractivity contribution in [2.24, 2.45) is 0 Å². The van der Waals surface area contributed by atoms with Gasteiger partial charge in [0.05, 0.1) is 11.9 Å². The van der Waals surface area contributed by atoms with Gasteiger partial charge in [0.1, 0.15) is 5.69 Å². The molecule has 1 fully saturated rings. The molecule has 4 nitrogen and oxygen atoms in total. The quantitative estimate of drug-likeness (QED) is 0.759. The summed E-state index contributed by atoms with van der Waals surface area (Å²) in [5, 5.41) is 0. The lowest BCUT2D eigenvalue weighted by atomic mass is 9.99. The Hall–Kier alpha value is -1.58. The second-order valence-corrected chi connectivity index (χ2v) is 6.45. The van der Waals surface area contributed by atoms with E-state index in [0.29, 0.717) is 11.7 Å². The summed E-state index contributed by atoms with van der Waals surface area (Å²) < 4.78 is 0. The number of piperidine rings is 1. The maximum absolute atomic E-state index is 12.6. The molecule has 128 valence electrons. The van der Waals surface area contributed by atoms with E-state index in [1.165, 1.54) is 25.7 Å². The number of hydrogen-bond donors (Lipinski definition) is 0. The SMILES string of the molecule is CCCN(CCC)C(=O)c1ccc(N2CCCCC2CC)cn1. The van der Waals surface area contributed by atoms with Gasteiger partial charge in [-0.25, -0.2) is 4.98 Å². The van der Waals surface area contributed by atoms with E-state index in [1.807, 2.05) is 17.2 Å². The molecule has 0 N–H and O–H groups in total. The highest BCUT2D eigenvalue weighted by Crippen LogP contribution is 2.26. The van der Waals surface area contributed by atoms with Crippen LogP contribution in [-0.4, -0.2) is 41.5 Å². The Bertz CT molecular complexity index is 480. The number of anilines is 1. The van der Waals surface area contributed by atoms with E-state index in [9.17, 15) is 4.79 Å². The number of aromatic nitrogens is 1. The Morgan fingerprint density at radius 2 is 1.96 bits per heavy atom. The molecule has 1 aromatic heterocycles. The van der Waals surface area contributed by atoms with Gasteiger partial charge in [-0.3, -0.25) is 4.79 Å². The fraction of sp³-hybridized carbons (Fsp3) is 0.684. The summed E-state index contributed by atoms with van der Waals surface area (Å²) in [7, 11) is 0. The van der Waals surface area contributed by atoms with Crippen LogP contribution in [0, 0.1) is 0 Å². The van der Waals surface area contributed by atoms with Crippen LogP contribution in [0.25, 0.3) is 0 Å². The lowest BCUT2D eigenvalue weighted by molar-refractivity contribution is 0.0749. The van der Waals surface area contributed by atoms with Crippen molar-refractivity contribution >= 4 is 11.6 Å². The molecule has 2 rings (SSSR count). The predicted octanol–water partition coefficient (Wildman–Crippen LogP) is 4.11. The van der Waals surface area contributed by atoms with E-state index in [4.69, 9.17) is 0 Å². The van der Waals surface area contributed by atoms with Gasteiger partial charge in [-0.2, -0.15) is 0 Å². The number of rotatable bonds is 7. The maximum atomic E-state index is 12.6. The minimum atomic E-state index is 0.0611. The smallest absolute Gasteiger partial charge is 0.272 e. The summed E-state index contributed by atoms with van der Waals surface area (Å²) in [5.41, 5.74) is 1.73. The average Bonchev–Trinajstić information content (AvgIpc) is 2.61. The second kappa shape index (κ2) is 8.90. The number of amides is 1. The number of carbonyl (C=O) groups is 1. The van der Waals surface area contributed by atoms with Gasteiger partial charge >= 0.3 is 0 Å². The first-order chi connectivity index (χ1) is 11.2. The van der Waals surface area contributed by atoms with Crippen LogP contribution in [-0.2, 0) is 0 Å². The van der Waals surface area contributed by atoms with Gasteiger partial charge in [0.25, 0.3) is 5.91 Å². The molecular formula is C19H31N3O. The molecule has 1 aliphatic rings. The van der Waals surface area contributed by atoms with Crippen LogP contribution in [0.1, 0.15) is 69.8 Å². The maximum Gasteiger partial charge on any atom is 0.272 e. The first-order valence-electron chi connectivity index (χ1n) is 9.23. The minimum absolute atomic E-state index is 0.0611. The number of nitrogens with zero attached hydrogens (tertiary/aromatic N) is 3. The largest absolute Gasteiger partial charge is 0.367 e. The van der Waals surface area contributed by atoms with Crippen LogP contribution >= 0.6 is 0 Å². The average molecular weight is 317 g/mol. The summed E-state index contributed by atoms with van der Waals surface area (Å²) in [5.74, 6) is 0.0611. The first kappa shape index (κ1) is 17.8. The van der Waals surface area contributed by atoms with Crippen molar-refractivity contribution in [1.82, 2.24) is 9.88 Å². The molecule has 1 amide bonds. The highest BCUT2D eigenvalue weighted by Gasteiger charge is 2.22. The van der Waals surface area contributed by atoms with Gasteiger partial charge < -0.3 is 9.80 Å². The Labute approximate surface area is 140 Å². The van der Waals surface area contributed by atoms with Crippen molar-refractivity contribution in [1.29, 1.82) is 0 Å². The lowest BCUT2D eigenvalue weighted by Crippen LogP contribution is -2.39. The highest BCUT2D eigenvalue weighted by atomic mass is 16.2. The summed E-state index contributed by atoms with van der Waals surface area (Å²) in [6, 6.07) is 4.59. The van der Waals surface area contributed by atoms with Gasteiger partial charge in [-0.15, -0.1) is 0 Å². The second-order valence-electron chi connectivity index (χ2n) is 6.45. The van der Waals surface area contributed by atoms with Crippen molar-refractivity contribution in [3.63, 3.8) is 0 Å². The van der Waals surface area contributed by atoms with Crippen LogP contribution in [0.2, 0.25) is 0 Å². The van der Waals surface area contributed by atoms with Crippen LogP contribution in [0.15, 0.2) is 18.3 Å². The molecule has 1 aromatic rings. The molecule has 1 saturated heterocycles. The van der Waals surface area contributed by atoms with E-state index in [-0.39, 0.29) is 5.91 Å². The molecule has 2 heterocycles. The summed E-state index contributed by atoms with van der Waals surface area (Å²) >= 11 is 0. The summed E-state index contributed by atoms with van der Waals surface area (Å²) in [6.07, 6.45) is 8.85. The van der Waals surface area contributed by atoms with Crippen molar-refractivity contribution in [2.75, 3.05) is 24.5 Å². The summed E-state index contributed by atoms with van der Waals surface area (Å²) in [4.78, 5) is 21.4. The van der Waals surface area contributed by atoms with E-state index in [1.54, 1.807) is 0 Å². The zero-order valence-corrected chi connectivity index (χ0v) is 14.9. The van der Waals surface area contributed by atoms with Crippen LogP contribution in [0.5, 0.6) is 0 Å². The molecule has 0 aromatic carbocycles. The molecule has 0 bridgehead atoms. The molecule has 1 aliphatic heterocycles. The number of carbonyl (C=O) groups excluding carboxylic acids is 1. The molecule has 4 heteroatoms. The Kier molecular flexibility index (Phi) is 6.87. The Morgan fingerprint density at radius 3 is 2.52 bits per heavy atom. The van der Waals surface area contributed by atoms with Crippen molar-refractivity contribution in [3.8, 4) is 0 Å². The van der Waals surface area contributed by atoms with Gasteiger partial charge in [0.15, 0.2) is 0 Å². The van der Waals surface area contributed by atoms with Crippen molar-refractivity contribution in [2.45, 2.75) is 65.3 Å². The van der Waals surface area contributed by atoms with Crippen LogP contribution in [0.3, 0.4) is 0 Å². The monoisotopic (exact) mass is 317 g/mol. The molecular weight excluding hydrogens is 286 g/mol. The van der Waals surface area contributed by atoms with E-state index < -0.39 is 0 Å². The number of pyridine rings is 1.